The van der Waals surface area contributed by atoms with Crippen molar-refractivity contribution in [1.29, 1.82) is 0 Å². The summed E-state index contributed by atoms with van der Waals surface area (Å²) in [6, 6.07) is 2.84. The van der Waals surface area contributed by atoms with E-state index in [9.17, 15) is 35.1 Å². The molecule has 0 aliphatic heterocycles. The fourth-order valence-electron chi connectivity index (χ4n) is 2.98. The third-order valence-corrected chi connectivity index (χ3v) is 4.43. The highest BCUT2D eigenvalue weighted by molar-refractivity contribution is 5.88. The standard InChI is InChI=1S/C18H22O10/c1-26-11-5-8(6-12(27-2)16(11)23)3-4-13(21)28-17-14(18(24)25)9(19)7-10(20)15(17)22/h3-6,9-10,14-15,17,19-20,22-23H,7H2,1-2H3,(H,24,25)/t9-,10-,14+,15+,17-/m0/s1. The monoisotopic (exact) mass is 398 g/mol. The summed E-state index contributed by atoms with van der Waals surface area (Å²) in [4.78, 5) is 23.4. The summed E-state index contributed by atoms with van der Waals surface area (Å²) in [7, 11) is 2.67. The lowest BCUT2D eigenvalue weighted by molar-refractivity contribution is -0.192. The Morgan fingerprint density at radius 1 is 1.07 bits per heavy atom. The van der Waals surface area contributed by atoms with E-state index in [1.807, 2.05) is 0 Å². The summed E-state index contributed by atoms with van der Waals surface area (Å²) in [5, 5.41) is 48.7. The molecule has 0 bridgehead atoms. The molecular formula is C18H22O10. The maximum atomic E-state index is 12.1. The number of aliphatic hydroxyl groups is 3. The molecule has 1 aliphatic rings. The van der Waals surface area contributed by atoms with Crippen LogP contribution in [0.2, 0.25) is 0 Å². The number of methoxy groups -OCH3 is 2. The van der Waals surface area contributed by atoms with Crippen molar-refractivity contribution >= 4 is 18.0 Å². The van der Waals surface area contributed by atoms with Gasteiger partial charge in [-0.15, -0.1) is 0 Å². The van der Waals surface area contributed by atoms with Crippen LogP contribution in [-0.2, 0) is 14.3 Å². The Morgan fingerprint density at radius 3 is 2.14 bits per heavy atom. The number of carbonyl (C=O) groups excluding carboxylic acids is 1. The summed E-state index contributed by atoms with van der Waals surface area (Å²) in [5.41, 5.74) is 0.405. The van der Waals surface area contributed by atoms with Crippen LogP contribution >= 0.6 is 0 Å². The number of phenols is 1. The number of aliphatic carboxylic acids is 1. The zero-order valence-electron chi connectivity index (χ0n) is 15.2. The fourth-order valence-corrected chi connectivity index (χ4v) is 2.98. The summed E-state index contributed by atoms with van der Waals surface area (Å²) in [5.74, 6) is -4.05. The molecule has 0 aromatic heterocycles. The Labute approximate surface area is 160 Å². The van der Waals surface area contributed by atoms with Gasteiger partial charge in [0.15, 0.2) is 11.5 Å². The molecule has 1 aliphatic carbocycles. The van der Waals surface area contributed by atoms with Gasteiger partial charge in [-0.05, 0) is 23.8 Å². The number of hydrogen-bond donors (Lipinski definition) is 5. The molecule has 0 saturated heterocycles. The number of aliphatic hydroxyl groups excluding tert-OH is 3. The van der Waals surface area contributed by atoms with Crippen molar-refractivity contribution < 1.29 is 49.3 Å². The third-order valence-electron chi connectivity index (χ3n) is 4.43. The highest BCUT2D eigenvalue weighted by Gasteiger charge is 2.49. The summed E-state index contributed by atoms with van der Waals surface area (Å²) in [6.45, 7) is 0. The molecule has 0 heterocycles. The summed E-state index contributed by atoms with van der Waals surface area (Å²) >= 11 is 0. The molecule has 0 amide bonds. The third kappa shape index (κ3) is 4.53. The SMILES string of the molecule is COc1cc(C=CC(=O)O[C@@H]2[C@H](O)[C@@H](O)C[C@H](O)[C@H]2C(=O)O)cc(OC)c1O. The van der Waals surface area contributed by atoms with E-state index in [1.54, 1.807) is 0 Å². The maximum Gasteiger partial charge on any atom is 0.331 e. The van der Waals surface area contributed by atoms with E-state index in [2.05, 4.69) is 0 Å². The first-order chi connectivity index (χ1) is 13.2. The molecule has 2 rings (SSSR count). The van der Waals surface area contributed by atoms with Crippen LogP contribution in [0.15, 0.2) is 18.2 Å². The average molecular weight is 398 g/mol. The van der Waals surface area contributed by atoms with Gasteiger partial charge in [0.1, 0.15) is 18.1 Å². The molecule has 0 radical (unpaired) electrons. The van der Waals surface area contributed by atoms with Crippen molar-refractivity contribution in [3.63, 3.8) is 0 Å². The van der Waals surface area contributed by atoms with Crippen molar-refractivity contribution in [2.24, 2.45) is 5.92 Å². The first-order valence-electron chi connectivity index (χ1n) is 8.30. The second-order valence-electron chi connectivity index (χ2n) is 6.23. The predicted molar refractivity (Wildman–Crippen MR) is 93.9 cm³/mol. The minimum atomic E-state index is -1.66. The van der Waals surface area contributed by atoms with Gasteiger partial charge in [0.05, 0.1) is 26.4 Å². The number of carboxylic acids is 1. The van der Waals surface area contributed by atoms with Crippen molar-refractivity contribution in [2.45, 2.75) is 30.8 Å². The molecule has 28 heavy (non-hydrogen) atoms. The minimum Gasteiger partial charge on any atom is -0.502 e. The molecule has 1 fully saturated rings. The van der Waals surface area contributed by atoms with Gasteiger partial charge in [-0.2, -0.15) is 0 Å². The van der Waals surface area contributed by atoms with Crippen LogP contribution < -0.4 is 9.47 Å². The highest BCUT2D eigenvalue weighted by atomic mass is 16.6. The molecule has 1 aromatic carbocycles. The van der Waals surface area contributed by atoms with Gasteiger partial charge in [-0.1, -0.05) is 0 Å². The molecule has 1 aromatic rings. The smallest absolute Gasteiger partial charge is 0.331 e. The normalized spacial score (nSPS) is 27.4. The number of rotatable bonds is 6. The Hall–Kier alpha value is -2.82. The predicted octanol–water partition coefficient (Wildman–Crippen LogP) is -0.478. The van der Waals surface area contributed by atoms with E-state index >= 15 is 0 Å². The van der Waals surface area contributed by atoms with Crippen LogP contribution in [0.1, 0.15) is 12.0 Å². The molecule has 0 unspecified atom stereocenters. The fraction of sp³-hybridized carbons (Fsp3) is 0.444. The van der Waals surface area contributed by atoms with Crippen molar-refractivity contribution in [1.82, 2.24) is 0 Å². The number of carbonyl (C=O) groups is 2. The van der Waals surface area contributed by atoms with E-state index < -0.39 is 42.3 Å². The second kappa shape index (κ2) is 8.91. The topological polar surface area (TPSA) is 163 Å². The average Bonchev–Trinajstić information content (AvgIpc) is 2.64. The van der Waals surface area contributed by atoms with E-state index in [0.717, 1.165) is 6.08 Å². The lowest BCUT2D eigenvalue weighted by Gasteiger charge is -2.38. The van der Waals surface area contributed by atoms with E-state index in [0.29, 0.717) is 5.56 Å². The number of carboxylic acid groups (broad SMARTS) is 1. The molecule has 5 atom stereocenters. The van der Waals surface area contributed by atoms with Gasteiger partial charge >= 0.3 is 11.9 Å². The largest absolute Gasteiger partial charge is 0.502 e. The van der Waals surface area contributed by atoms with Gasteiger partial charge in [-0.3, -0.25) is 4.79 Å². The van der Waals surface area contributed by atoms with Gasteiger partial charge in [0.25, 0.3) is 0 Å². The molecule has 10 heteroatoms. The Kier molecular flexibility index (Phi) is 6.84. The number of ether oxygens (including phenoxy) is 3. The van der Waals surface area contributed by atoms with E-state index in [4.69, 9.17) is 14.2 Å². The molecule has 1 saturated carbocycles. The molecule has 154 valence electrons. The van der Waals surface area contributed by atoms with Crippen molar-refractivity contribution in [2.75, 3.05) is 14.2 Å². The van der Waals surface area contributed by atoms with Crippen LogP contribution in [-0.4, -0.2) is 76.1 Å². The molecule has 5 N–H and O–H groups in total. The van der Waals surface area contributed by atoms with Crippen LogP contribution in [0.5, 0.6) is 17.2 Å². The Bertz CT molecular complexity index is 734. The first-order valence-corrected chi connectivity index (χ1v) is 8.30. The van der Waals surface area contributed by atoms with Crippen LogP contribution in [0, 0.1) is 5.92 Å². The van der Waals surface area contributed by atoms with Crippen molar-refractivity contribution in [3.8, 4) is 17.2 Å². The molecule has 10 nitrogen and oxygen atoms in total. The summed E-state index contributed by atoms with van der Waals surface area (Å²) in [6.07, 6.45) is -4.29. The Morgan fingerprint density at radius 2 is 1.64 bits per heavy atom. The van der Waals surface area contributed by atoms with Gasteiger partial charge in [-0.25, -0.2) is 4.79 Å². The second-order valence-corrected chi connectivity index (χ2v) is 6.23. The number of esters is 1. The number of aromatic hydroxyl groups is 1. The Balaban J connectivity index is 2.19. The number of hydrogen-bond acceptors (Lipinski definition) is 9. The van der Waals surface area contributed by atoms with Crippen LogP contribution in [0.4, 0.5) is 0 Å². The van der Waals surface area contributed by atoms with Gasteiger partial charge in [0, 0.05) is 12.5 Å². The van der Waals surface area contributed by atoms with Crippen molar-refractivity contribution in [3.05, 3.63) is 23.8 Å². The molecule has 0 spiro atoms. The van der Waals surface area contributed by atoms with Crippen LogP contribution in [0.3, 0.4) is 0 Å². The quantitative estimate of drug-likeness (QED) is 0.312. The van der Waals surface area contributed by atoms with E-state index in [1.165, 1.54) is 32.4 Å². The molecular weight excluding hydrogens is 376 g/mol. The van der Waals surface area contributed by atoms with E-state index in [-0.39, 0.29) is 23.7 Å². The van der Waals surface area contributed by atoms with Crippen LogP contribution in [0.25, 0.3) is 6.08 Å². The number of phenolic OH excluding ortho intramolecular Hbond substituents is 1. The van der Waals surface area contributed by atoms with Gasteiger partial charge in [0.2, 0.25) is 5.75 Å². The zero-order chi connectivity index (χ0) is 21.0. The summed E-state index contributed by atoms with van der Waals surface area (Å²) < 4.78 is 15.0. The zero-order valence-corrected chi connectivity index (χ0v) is 15.2. The minimum absolute atomic E-state index is 0.104. The number of benzene rings is 1. The lowest BCUT2D eigenvalue weighted by atomic mass is 9.80. The van der Waals surface area contributed by atoms with Gasteiger partial charge < -0.3 is 39.7 Å². The first kappa shape index (κ1) is 21.5. The highest BCUT2D eigenvalue weighted by Crippen LogP contribution is 2.37. The lowest BCUT2D eigenvalue weighted by Crippen LogP contribution is -2.56. The maximum absolute atomic E-state index is 12.1.